The summed E-state index contributed by atoms with van der Waals surface area (Å²) in [7, 11) is 0. The standard InChI is InChI=1S/C18H15N3O4/c22-17-15-10-5-6-11(13-7-12(10)13)16(15)18(23)20(17)19-8-9-3-1-2-4-14(9)21(24)25/h1-6,8,10-13,15-16H,7H2/b19-8-/t10-,11-,12-,13+,15-,16+/m1/s1. The SMILES string of the molecule is O=C1[C@@H]2[C@@H]3C=C[C@H]([C@@H]4C[C@H]34)[C@@H]2C(=O)N1/N=C\c1ccccc1[N+](=O)[O-]. The molecular weight excluding hydrogens is 322 g/mol. The third-order valence-electron chi connectivity index (χ3n) is 6.09. The molecule has 7 nitrogen and oxygen atoms in total. The van der Waals surface area contributed by atoms with E-state index >= 15 is 0 Å². The van der Waals surface area contributed by atoms with Crippen molar-refractivity contribution in [2.45, 2.75) is 6.42 Å². The zero-order valence-corrected chi connectivity index (χ0v) is 13.2. The summed E-state index contributed by atoms with van der Waals surface area (Å²) in [6, 6.07) is 6.12. The van der Waals surface area contributed by atoms with Crippen molar-refractivity contribution in [1.82, 2.24) is 5.01 Å². The number of carbonyl (C=O) groups excluding carboxylic acids is 2. The van der Waals surface area contributed by atoms with E-state index in [-0.39, 0.29) is 46.7 Å². The molecule has 2 saturated carbocycles. The second kappa shape index (κ2) is 4.84. The summed E-state index contributed by atoms with van der Waals surface area (Å²) in [6.45, 7) is 0. The highest BCUT2D eigenvalue weighted by Gasteiger charge is 2.67. The zero-order valence-electron chi connectivity index (χ0n) is 13.2. The Morgan fingerprint density at radius 2 is 1.68 bits per heavy atom. The van der Waals surface area contributed by atoms with Gasteiger partial charge in [-0.1, -0.05) is 24.3 Å². The first-order chi connectivity index (χ1) is 12.1. The van der Waals surface area contributed by atoms with Crippen LogP contribution in [-0.4, -0.2) is 28.0 Å². The first-order valence-corrected chi connectivity index (χ1v) is 8.41. The largest absolute Gasteiger partial charge is 0.278 e. The third kappa shape index (κ3) is 1.89. The van der Waals surface area contributed by atoms with Crippen LogP contribution in [0, 0.1) is 45.6 Å². The zero-order chi connectivity index (χ0) is 17.3. The van der Waals surface area contributed by atoms with E-state index in [0.29, 0.717) is 11.8 Å². The molecule has 1 aromatic carbocycles. The Morgan fingerprint density at radius 1 is 1.08 bits per heavy atom. The highest BCUT2D eigenvalue weighted by atomic mass is 16.6. The first kappa shape index (κ1) is 14.5. The predicted molar refractivity (Wildman–Crippen MR) is 87.2 cm³/mol. The lowest BCUT2D eigenvalue weighted by molar-refractivity contribution is -0.385. The molecule has 6 rings (SSSR count). The number of imide groups is 1. The summed E-state index contributed by atoms with van der Waals surface area (Å²) >= 11 is 0. The fourth-order valence-corrected chi connectivity index (χ4v) is 4.94. The van der Waals surface area contributed by atoms with Gasteiger partial charge in [-0.2, -0.15) is 10.1 Å². The predicted octanol–water partition coefficient (Wildman–Crippen LogP) is 1.98. The van der Waals surface area contributed by atoms with Crippen LogP contribution in [0.15, 0.2) is 41.5 Å². The monoisotopic (exact) mass is 337 g/mol. The van der Waals surface area contributed by atoms with Crippen molar-refractivity contribution < 1.29 is 14.5 Å². The summed E-state index contributed by atoms with van der Waals surface area (Å²) in [5.74, 6) is 0.192. The first-order valence-electron chi connectivity index (χ1n) is 8.41. The summed E-state index contributed by atoms with van der Waals surface area (Å²) in [6.07, 6.45) is 6.54. The summed E-state index contributed by atoms with van der Waals surface area (Å²) in [4.78, 5) is 36.1. The Morgan fingerprint density at radius 3 is 2.28 bits per heavy atom. The van der Waals surface area contributed by atoms with Gasteiger partial charge in [0.2, 0.25) is 0 Å². The maximum atomic E-state index is 12.8. The van der Waals surface area contributed by atoms with Crippen molar-refractivity contribution in [2.75, 3.05) is 0 Å². The number of hydrazone groups is 1. The van der Waals surface area contributed by atoms with Crippen LogP contribution in [0.3, 0.4) is 0 Å². The van der Waals surface area contributed by atoms with Crippen LogP contribution >= 0.6 is 0 Å². The number of amides is 2. The molecule has 0 N–H and O–H groups in total. The molecule has 4 aliphatic carbocycles. The van der Waals surface area contributed by atoms with Crippen molar-refractivity contribution in [2.24, 2.45) is 40.6 Å². The lowest BCUT2D eigenvalue weighted by Crippen LogP contribution is -2.40. The molecule has 3 fully saturated rings. The lowest BCUT2D eigenvalue weighted by atomic mass is 9.63. The van der Waals surface area contributed by atoms with E-state index in [1.807, 2.05) is 0 Å². The molecule has 0 aromatic heterocycles. The number of nitro benzene ring substituents is 1. The molecule has 1 aromatic rings. The number of benzene rings is 1. The van der Waals surface area contributed by atoms with Gasteiger partial charge in [0.05, 0.1) is 28.5 Å². The van der Waals surface area contributed by atoms with Crippen molar-refractivity contribution in [1.29, 1.82) is 0 Å². The van der Waals surface area contributed by atoms with Gasteiger partial charge in [-0.25, -0.2) is 0 Å². The molecule has 1 saturated heterocycles. The molecule has 5 aliphatic rings. The average molecular weight is 337 g/mol. The van der Waals surface area contributed by atoms with Crippen LogP contribution in [0.25, 0.3) is 0 Å². The topological polar surface area (TPSA) is 92.9 Å². The van der Waals surface area contributed by atoms with E-state index in [4.69, 9.17) is 0 Å². The Hall–Kier alpha value is -2.83. The Labute approximate surface area is 143 Å². The Bertz CT molecular complexity index is 841. The maximum absolute atomic E-state index is 12.8. The number of hydrogen-bond donors (Lipinski definition) is 0. The van der Waals surface area contributed by atoms with Crippen LogP contribution < -0.4 is 0 Å². The number of rotatable bonds is 3. The van der Waals surface area contributed by atoms with Gasteiger partial charge in [-0.3, -0.25) is 19.7 Å². The second-order valence-corrected chi connectivity index (χ2v) is 7.20. The molecule has 25 heavy (non-hydrogen) atoms. The number of hydrogen-bond acceptors (Lipinski definition) is 5. The highest BCUT2D eigenvalue weighted by Crippen LogP contribution is 2.65. The van der Waals surface area contributed by atoms with Crippen LogP contribution in [0.1, 0.15) is 12.0 Å². The van der Waals surface area contributed by atoms with E-state index in [0.717, 1.165) is 11.4 Å². The minimum atomic E-state index is -0.508. The molecule has 2 amide bonds. The summed E-state index contributed by atoms with van der Waals surface area (Å²) < 4.78 is 0. The number of nitro groups is 1. The van der Waals surface area contributed by atoms with Gasteiger partial charge in [0.25, 0.3) is 17.5 Å². The quantitative estimate of drug-likeness (QED) is 0.277. The van der Waals surface area contributed by atoms with Gasteiger partial charge in [-0.15, -0.1) is 0 Å². The number of allylic oxidation sites excluding steroid dienone is 2. The van der Waals surface area contributed by atoms with Crippen LogP contribution in [0.4, 0.5) is 5.69 Å². The molecule has 0 unspecified atom stereocenters. The summed E-state index contributed by atoms with van der Waals surface area (Å²) in [5.41, 5.74) is 0.164. The van der Waals surface area contributed by atoms with Gasteiger partial charge in [0, 0.05) is 6.07 Å². The van der Waals surface area contributed by atoms with E-state index in [9.17, 15) is 19.7 Å². The molecule has 7 heteroatoms. The molecule has 1 aliphatic heterocycles. The smallest absolute Gasteiger partial charge is 0.272 e. The molecule has 126 valence electrons. The van der Waals surface area contributed by atoms with E-state index in [1.165, 1.54) is 12.3 Å². The average Bonchev–Trinajstić information content (AvgIpc) is 3.39. The highest BCUT2D eigenvalue weighted by molar-refractivity contribution is 6.06. The normalized spacial score (nSPS) is 37.5. The number of carbonyl (C=O) groups is 2. The van der Waals surface area contributed by atoms with E-state index in [2.05, 4.69) is 17.3 Å². The van der Waals surface area contributed by atoms with Gasteiger partial charge < -0.3 is 0 Å². The Balaban J connectivity index is 1.46. The maximum Gasteiger partial charge on any atom is 0.278 e. The van der Waals surface area contributed by atoms with E-state index in [1.54, 1.807) is 18.2 Å². The minimum absolute atomic E-state index is 0.106. The fourth-order valence-electron chi connectivity index (χ4n) is 4.94. The molecule has 0 radical (unpaired) electrons. The van der Waals surface area contributed by atoms with Crippen molar-refractivity contribution in [3.63, 3.8) is 0 Å². The van der Waals surface area contributed by atoms with Crippen molar-refractivity contribution >= 4 is 23.7 Å². The van der Waals surface area contributed by atoms with Crippen LogP contribution in [0.5, 0.6) is 0 Å². The Kier molecular flexibility index (Phi) is 2.81. The molecule has 1 heterocycles. The van der Waals surface area contributed by atoms with Gasteiger partial charge in [0.1, 0.15) is 0 Å². The van der Waals surface area contributed by atoms with Gasteiger partial charge in [0.15, 0.2) is 0 Å². The van der Waals surface area contributed by atoms with Crippen LogP contribution in [0.2, 0.25) is 0 Å². The molecule has 6 atom stereocenters. The number of para-hydroxylation sites is 1. The van der Waals surface area contributed by atoms with Gasteiger partial charge in [-0.05, 0) is 36.2 Å². The van der Waals surface area contributed by atoms with Crippen molar-refractivity contribution in [3.05, 3.63) is 52.1 Å². The molecule has 2 bridgehead atoms. The van der Waals surface area contributed by atoms with Crippen LogP contribution in [-0.2, 0) is 9.59 Å². The second-order valence-electron chi connectivity index (χ2n) is 7.20. The summed E-state index contributed by atoms with van der Waals surface area (Å²) in [5, 5.41) is 16.0. The van der Waals surface area contributed by atoms with E-state index < -0.39 is 4.92 Å². The number of nitrogens with zero attached hydrogens (tertiary/aromatic N) is 3. The molecular formula is C18H15N3O4. The van der Waals surface area contributed by atoms with Gasteiger partial charge >= 0.3 is 0 Å². The fraction of sp³-hybridized carbons (Fsp3) is 0.389. The lowest BCUT2D eigenvalue weighted by Gasteiger charge is -2.37. The van der Waals surface area contributed by atoms with Crippen molar-refractivity contribution in [3.8, 4) is 0 Å². The minimum Gasteiger partial charge on any atom is -0.272 e. The third-order valence-corrected chi connectivity index (χ3v) is 6.09. The molecule has 0 spiro atoms.